The summed E-state index contributed by atoms with van der Waals surface area (Å²) in [4.78, 5) is 12.4. The van der Waals surface area contributed by atoms with Crippen LogP contribution in [0, 0.1) is 0 Å². The minimum atomic E-state index is -1.74. The number of aromatic hydroxyl groups is 4. The molecule has 1 aliphatic heterocycles. The lowest BCUT2D eigenvalue weighted by molar-refractivity contribution is -0.277. The normalized spacial score (nSPS) is 25.7. The Morgan fingerprint density at radius 3 is 2.28 bits per heavy atom. The molecule has 0 radical (unpaired) electrons. The van der Waals surface area contributed by atoms with Crippen molar-refractivity contribution >= 4 is 11.9 Å². The molecule has 32 heavy (non-hydrogen) atoms. The quantitative estimate of drug-likeness (QED) is 0.123. The van der Waals surface area contributed by atoms with Crippen LogP contribution >= 0.6 is 0 Å². The molecule has 8 N–H and O–H groups in total. The van der Waals surface area contributed by atoms with E-state index in [0.717, 1.165) is 18.2 Å². The Labute approximate surface area is 181 Å². The van der Waals surface area contributed by atoms with E-state index in [-0.39, 0.29) is 17.1 Å². The van der Waals surface area contributed by atoms with Gasteiger partial charge in [-0.3, -0.25) is 4.79 Å². The first-order valence-electron chi connectivity index (χ1n) is 9.40. The van der Waals surface area contributed by atoms with Gasteiger partial charge in [0.05, 0.1) is 12.2 Å². The Bertz CT molecular complexity index is 1020. The highest BCUT2D eigenvalue weighted by molar-refractivity contribution is 6.09. The number of hydrogen-bond acceptors (Lipinski definition) is 11. The van der Waals surface area contributed by atoms with Gasteiger partial charge in [-0.2, -0.15) is 0 Å². The third-order valence-electron chi connectivity index (χ3n) is 4.86. The number of allylic oxidation sites excluding steroid dienone is 1. The minimum Gasteiger partial charge on any atom is -0.507 e. The summed E-state index contributed by atoms with van der Waals surface area (Å²) in [5, 5.41) is 78.0. The van der Waals surface area contributed by atoms with Crippen LogP contribution in [0.1, 0.15) is 15.9 Å². The lowest BCUT2D eigenvalue weighted by atomic mass is 9.99. The van der Waals surface area contributed by atoms with Crippen LogP contribution in [0.4, 0.5) is 0 Å². The second-order valence-electron chi connectivity index (χ2n) is 7.10. The number of carbonyl (C=O) groups excluding carboxylic acids is 1. The third-order valence-corrected chi connectivity index (χ3v) is 4.86. The molecule has 0 amide bonds. The summed E-state index contributed by atoms with van der Waals surface area (Å²) in [5.74, 6) is -2.98. The van der Waals surface area contributed by atoms with Crippen molar-refractivity contribution in [1.82, 2.24) is 0 Å². The van der Waals surface area contributed by atoms with Gasteiger partial charge in [0, 0.05) is 6.07 Å². The van der Waals surface area contributed by atoms with Gasteiger partial charge in [0.2, 0.25) is 6.29 Å². The van der Waals surface area contributed by atoms with E-state index in [0.29, 0.717) is 5.56 Å². The molecule has 5 atom stereocenters. The van der Waals surface area contributed by atoms with Gasteiger partial charge in [-0.25, -0.2) is 0 Å². The molecule has 1 heterocycles. The van der Waals surface area contributed by atoms with Gasteiger partial charge in [-0.15, -0.1) is 0 Å². The number of hydrogen-bond donors (Lipinski definition) is 8. The molecular weight excluding hydrogens is 428 g/mol. The second kappa shape index (κ2) is 9.42. The SMILES string of the molecule is O=C(/C=C/c1ccc(O)c(O)c1)c1cc(O)c(O[C@@H]2O[C@H](CO)[C@@H](O)[C@H](O)[C@H]2O)cc1O. The van der Waals surface area contributed by atoms with Crippen LogP contribution < -0.4 is 4.74 Å². The number of aliphatic hydroxyl groups excluding tert-OH is 4. The number of benzene rings is 2. The van der Waals surface area contributed by atoms with Crippen molar-refractivity contribution in [2.45, 2.75) is 30.7 Å². The number of phenols is 4. The fraction of sp³-hybridized carbons (Fsp3) is 0.286. The summed E-state index contributed by atoms with van der Waals surface area (Å²) in [7, 11) is 0. The smallest absolute Gasteiger partial charge is 0.229 e. The molecule has 0 unspecified atom stereocenters. The average molecular weight is 450 g/mol. The Hall–Kier alpha value is -3.35. The number of carbonyl (C=O) groups is 1. The highest BCUT2D eigenvalue weighted by atomic mass is 16.7. The van der Waals surface area contributed by atoms with E-state index in [4.69, 9.17) is 9.47 Å². The molecule has 172 valence electrons. The molecule has 2 aromatic carbocycles. The van der Waals surface area contributed by atoms with Crippen LogP contribution in [0.3, 0.4) is 0 Å². The Balaban J connectivity index is 1.78. The van der Waals surface area contributed by atoms with Crippen molar-refractivity contribution in [1.29, 1.82) is 0 Å². The zero-order valence-electron chi connectivity index (χ0n) is 16.4. The van der Waals surface area contributed by atoms with Crippen molar-refractivity contribution in [3.05, 3.63) is 47.5 Å². The summed E-state index contributed by atoms with van der Waals surface area (Å²) in [5.41, 5.74) is 0.0998. The van der Waals surface area contributed by atoms with Gasteiger partial charge in [-0.05, 0) is 29.8 Å². The fourth-order valence-electron chi connectivity index (χ4n) is 3.05. The van der Waals surface area contributed by atoms with Crippen LogP contribution in [0.5, 0.6) is 28.7 Å². The number of phenolic OH excluding ortho intramolecular Hbond substituents is 4. The molecular formula is C21H22O11. The lowest BCUT2D eigenvalue weighted by Gasteiger charge is -2.39. The Morgan fingerprint density at radius 2 is 1.62 bits per heavy atom. The first kappa shape index (κ1) is 23.3. The first-order valence-corrected chi connectivity index (χ1v) is 9.40. The monoisotopic (exact) mass is 450 g/mol. The molecule has 1 aliphatic rings. The molecule has 0 spiro atoms. The van der Waals surface area contributed by atoms with Gasteiger partial charge in [-0.1, -0.05) is 12.1 Å². The number of aliphatic hydroxyl groups is 4. The Kier molecular flexibility index (Phi) is 6.87. The maximum absolute atomic E-state index is 12.4. The molecule has 0 saturated carbocycles. The standard InChI is InChI=1S/C21H22O11/c22-8-17-18(28)19(29)20(30)21(32-17)31-16-7-13(25)10(6-15(16)27)11(23)3-1-9-2-4-12(24)14(26)5-9/h1-7,17-22,24-30H,8H2/b3-1+/t17-,18-,19+,20-,21-/m1/s1. The maximum Gasteiger partial charge on any atom is 0.229 e. The van der Waals surface area contributed by atoms with Crippen molar-refractivity contribution < 1.29 is 55.1 Å². The molecule has 0 bridgehead atoms. The van der Waals surface area contributed by atoms with Gasteiger partial charge in [0.1, 0.15) is 30.2 Å². The number of ether oxygens (including phenoxy) is 2. The van der Waals surface area contributed by atoms with Gasteiger partial charge >= 0.3 is 0 Å². The van der Waals surface area contributed by atoms with Crippen molar-refractivity contribution in [3.63, 3.8) is 0 Å². The van der Waals surface area contributed by atoms with Crippen LogP contribution in [0.25, 0.3) is 6.08 Å². The van der Waals surface area contributed by atoms with Crippen LogP contribution in [-0.4, -0.2) is 83.9 Å². The molecule has 1 fully saturated rings. The highest BCUT2D eigenvalue weighted by Crippen LogP contribution is 2.36. The number of ketones is 1. The molecule has 2 aromatic rings. The average Bonchev–Trinajstić information content (AvgIpc) is 2.76. The summed E-state index contributed by atoms with van der Waals surface area (Å²) >= 11 is 0. The largest absolute Gasteiger partial charge is 0.507 e. The lowest BCUT2D eigenvalue weighted by Crippen LogP contribution is -2.60. The van der Waals surface area contributed by atoms with Crippen LogP contribution in [-0.2, 0) is 4.74 Å². The van der Waals surface area contributed by atoms with Crippen LogP contribution in [0.15, 0.2) is 36.4 Å². The molecule has 11 nitrogen and oxygen atoms in total. The molecule has 1 saturated heterocycles. The van der Waals surface area contributed by atoms with Gasteiger partial charge in [0.25, 0.3) is 0 Å². The van der Waals surface area contributed by atoms with E-state index in [1.54, 1.807) is 0 Å². The first-order chi connectivity index (χ1) is 15.1. The minimum absolute atomic E-state index is 0.289. The van der Waals surface area contributed by atoms with E-state index in [1.807, 2.05) is 0 Å². The van der Waals surface area contributed by atoms with Crippen molar-refractivity contribution in [2.24, 2.45) is 0 Å². The third kappa shape index (κ3) is 4.77. The van der Waals surface area contributed by atoms with E-state index >= 15 is 0 Å². The van der Waals surface area contributed by atoms with E-state index in [1.165, 1.54) is 24.3 Å². The highest BCUT2D eigenvalue weighted by Gasteiger charge is 2.45. The zero-order chi connectivity index (χ0) is 23.6. The molecule has 0 aromatic heterocycles. The predicted molar refractivity (Wildman–Crippen MR) is 107 cm³/mol. The van der Waals surface area contributed by atoms with Gasteiger partial charge in [0.15, 0.2) is 28.8 Å². The van der Waals surface area contributed by atoms with Crippen molar-refractivity contribution in [3.8, 4) is 28.7 Å². The fourth-order valence-corrected chi connectivity index (χ4v) is 3.05. The zero-order valence-corrected chi connectivity index (χ0v) is 16.4. The second-order valence-corrected chi connectivity index (χ2v) is 7.10. The predicted octanol–water partition coefficient (Wildman–Crippen LogP) is -0.416. The topological polar surface area (TPSA) is 197 Å². The summed E-state index contributed by atoms with van der Waals surface area (Å²) in [6.07, 6.45) is -5.49. The maximum atomic E-state index is 12.4. The molecule has 11 heteroatoms. The van der Waals surface area contributed by atoms with E-state index in [9.17, 15) is 45.6 Å². The summed E-state index contributed by atoms with van der Waals surface area (Å²) in [6, 6.07) is 5.69. The van der Waals surface area contributed by atoms with Crippen molar-refractivity contribution in [2.75, 3.05) is 6.61 Å². The summed E-state index contributed by atoms with van der Waals surface area (Å²) < 4.78 is 10.4. The van der Waals surface area contributed by atoms with Crippen LogP contribution in [0.2, 0.25) is 0 Å². The summed E-state index contributed by atoms with van der Waals surface area (Å²) in [6.45, 7) is -0.680. The number of rotatable bonds is 6. The van der Waals surface area contributed by atoms with E-state index in [2.05, 4.69) is 0 Å². The molecule has 3 rings (SSSR count). The molecule has 0 aliphatic carbocycles. The van der Waals surface area contributed by atoms with Gasteiger partial charge < -0.3 is 50.3 Å². The van der Waals surface area contributed by atoms with E-state index < -0.39 is 60.3 Å². The Morgan fingerprint density at radius 1 is 0.906 bits per heavy atom.